The Morgan fingerprint density at radius 1 is 1.26 bits per heavy atom. The molecule has 1 saturated heterocycles. The topological polar surface area (TPSA) is 63.4 Å². The Morgan fingerprint density at radius 3 is 3.00 bits per heavy atom. The van der Waals surface area contributed by atoms with Crippen LogP contribution in [0.5, 0.6) is 5.75 Å². The van der Waals surface area contributed by atoms with Crippen LogP contribution in [0.4, 0.5) is 4.39 Å². The fraction of sp³-hybridized carbons (Fsp3) is 0.300. The van der Waals surface area contributed by atoms with Crippen molar-refractivity contribution in [3.05, 3.63) is 65.7 Å². The number of aromatic nitrogens is 2. The highest BCUT2D eigenvalue weighted by atomic mass is 19.1. The van der Waals surface area contributed by atoms with Crippen LogP contribution in [0, 0.1) is 5.82 Å². The third-order valence-electron chi connectivity index (χ3n) is 4.63. The molecule has 1 atom stereocenters. The summed E-state index contributed by atoms with van der Waals surface area (Å²) in [6, 6.07) is 13.9. The standard InChI is InChI=1S/C20H21FN4O2/c1-25-9-8-22-12-18(25)19-23-20(27-24-19)15-5-2-4-14(10-15)13-26-17-7-3-6-16(21)11-17/h2-7,10-11,18,22H,8-9,12-13H2,1H3. The van der Waals surface area contributed by atoms with Crippen LogP contribution in [0.1, 0.15) is 17.4 Å². The molecule has 4 rings (SSSR count). The van der Waals surface area contributed by atoms with Gasteiger partial charge in [0.15, 0.2) is 5.82 Å². The Bertz CT molecular complexity index is 914. The zero-order valence-corrected chi connectivity index (χ0v) is 15.1. The molecule has 0 saturated carbocycles. The van der Waals surface area contributed by atoms with E-state index in [-0.39, 0.29) is 11.9 Å². The van der Waals surface area contributed by atoms with Crippen molar-refractivity contribution in [2.24, 2.45) is 0 Å². The van der Waals surface area contributed by atoms with Gasteiger partial charge in [-0.05, 0) is 36.9 Å². The first-order valence-corrected chi connectivity index (χ1v) is 8.91. The molecule has 2 aromatic carbocycles. The average molecular weight is 368 g/mol. The molecule has 3 aromatic rings. The lowest BCUT2D eigenvalue weighted by Gasteiger charge is -2.30. The van der Waals surface area contributed by atoms with Crippen LogP contribution in [0.15, 0.2) is 53.1 Å². The highest BCUT2D eigenvalue weighted by Crippen LogP contribution is 2.24. The molecule has 0 spiro atoms. The van der Waals surface area contributed by atoms with E-state index in [0.29, 0.717) is 24.1 Å². The highest BCUT2D eigenvalue weighted by molar-refractivity contribution is 5.54. The van der Waals surface area contributed by atoms with E-state index in [1.165, 1.54) is 12.1 Å². The second kappa shape index (κ2) is 7.85. The molecule has 0 bridgehead atoms. The zero-order chi connectivity index (χ0) is 18.6. The molecule has 0 radical (unpaired) electrons. The van der Waals surface area contributed by atoms with Crippen molar-refractivity contribution in [2.45, 2.75) is 12.6 Å². The van der Waals surface area contributed by atoms with Crippen LogP contribution in [-0.4, -0.2) is 41.7 Å². The van der Waals surface area contributed by atoms with E-state index in [0.717, 1.165) is 30.8 Å². The molecule has 7 heteroatoms. The Morgan fingerprint density at radius 2 is 2.15 bits per heavy atom. The molecule has 1 N–H and O–H groups in total. The van der Waals surface area contributed by atoms with E-state index in [1.807, 2.05) is 24.3 Å². The van der Waals surface area contributed by atoms with Gasteiger partial charge in [-0.3, -0.25) is 4.90 Å². The third-order valence-corrected chi connectivity index (χ3v) is 4.63. The summed E-state index contributed by atoms with van der Waals surface area (Å²) in [7, 11) is 2.06. The first-order chi connectivity index (χ1) is 13.2. The van der Waals surface area contributed by atoms with Crippen LogP contribution in [0.25, 0.3) is 11.5 Å². The minimum atomic E-state index is -0.318. The van der Waals surface area contributed by atoms with E-state index in [4.69, 9.17) is 9.26 Å². The second-order valence-corrected chi connectivity index (χ2v) is 6.60. The summed E-state index contributed by atoms with van der Waals surface area (Å²) >= 11 is 0. The number of benzene rings is 2. The summed E-state index contributed by atoms with van der Waals surface area (Å²) < 4.78 is 24.4. The van der Waals surface area contributed by atoms with E-state index < -0.39 is 0 Å². The van der Waals surface area contributed by atoms with E-state index in [2.05, 4.69) is 27.4 Å². The minimum absolute atomic E-state index is 0.107. The number of hydrogen-bond acceptors (Lipinski definition) is 6. The van der Waals surface area contributed by atoms with Crippen molar-refractivity contribution in [1.82, 2.24) is 20.4 Å². The Labute approximate surface area is 157 Å². The van der Waals surface area contributed by atoms with Gasteiger partial charge >= 0.3 is 0 Å². The molecule has 2 heterocycles. The molecular weight excluding hydrogens is 347 g/mol. The molecule has 140 valence electrons. The number of nitrogens with one attached hydrogen (secondary N) is 1. The van der Waals surface area contributed by atoms with E-state index >= 15 is 0 Å². The average Bonchev–Trinajstić information content (AvgIpc) is 3.17. The summed E-state index contributed by atoms with van der Waals surface area (Å²) in [4.78, 5) is 6.79. The SMILES string of the molecule is CN1CCNCC1c1noc(-c2cccc(COc3cccc(F)c3)c2)n1. The van der Waals surface area contributed by atoms with E-state index in [9.17, 15) is 4.39 Å². The maximum Gasteiger partial charge on any atom is 0.257 e. The maximum atomic E-state index is 13.2. The molecule has 6 nitrogen and oxygen atoms in total. The Kier molecular flexibility index (Phi) is 5.13. The number of piperazine rings is 1. The Hall–Kier alpha value is -2.77. The third kappa shape index (κ3) is 4.15. The van der Waals surface area contributed by atoms with Crippen molar-refractivity contribution in [3.8, 4) is 17.2 Å². The van der Waals surface area contributed by atoms with Gasteiger partial charge in [-0.25, -0.2) is 4.39 Å². The van der Waals surface area contributed by atoms with Crippen molar-refractivity contribution in [2.75, 3.05) is 26.7 Å². The fourth-order valence-electron chi connectivity index (χ4n) is 3.10. The zero-order valence-electron chi connectivity index (χ0n) is 15.1. The van der Waals surface area contributed by atoms with E-state index in [1.54, 1.807) is 12.1 Å². The van der Waals surface area contributed by atoms with Crippen LogP contribution >= 0.6 is 0 Å². The number of likely N-dealkylation sites (N-methyl/N-ethyl adjacent to an activating group) is 1. The number of rotatable bonds is 5. The molecule has 27 heavy (non-hydrogen) atoms. The molecular formula is C20H21FN4O2. The molecule has 0 amide bonds. The predicted octanol–water partition coefficient (Wildman–Crippen LogP) is 3.03. The summed E-state index contributed by atoms with van der Waals surface area (Å²) in [6.07, 6.45) is 0. The van der Waals surface area contributed by atoms with Gasteiger partial charge in [-0.2, -0.15) is 4.98 Å². The summed E-state index contributed by atoms with van der Waals surface area (Å²) in [5.41, 5.74) is 1.77. The normalized spacial score (nSPS) is 17.8. The minimum Gasteiger partial charge on any atom is -0.489 e. The molecule has 1 fully saturated rings. The Balaban J connectivity index is 1.47. The van der Waals surface area contributed by atoms with Crippen LogP contribution < -0.4 is 10.1 Å². The van der Waals surface area contributed by atoms with Crippen LogP contribution in [-0.2, 0) is 6.61 Å². The lowest BCUT2D eigenvalue weighted by molar-refractivity contribution is 0.190. The summed E-state index contributed by atoms with van der Waals surface area (Å²) in [5.74, 6) is 1.34. The van der Waals surface area contributed by atoms with Crippen LogP contribution in [0.3, 0.4) is 0 Å². The maximum absolute atomic E-state index is 13.2. The van der Waals surface area contributed by atoms with Gasteiger partial charge in [0.05, 0.1) is 6.04 Å². The lowest BCUT2D eigenvalue weighted by Crippen LogP contribution is -2.44. The number of ether oxygens (including phenoxy) is 1. The number of halogens is 1. The van der Waals surface area contributed by atoms with Crippen molar-refractivity contribution in [3.63, 3.8) is 0 Å². The molecule has 1 unspecified atom stereocenters. The number of nitrogens with zero attached hydrogens (tertiary/aromatic N) is 3. The fourth-order valence-corrected chi connectivity index (χ4v) is 3.10. The smallest absolute Gasteiger partial charge is 0.257 e. The molecule has 0 aliphatic carbocycles. The molecule has 1 aromatic heterocycles. The monoisotopic (exact) mass is 368 g/mol. The first kappa shape index (κ1) is 17.6. The van der Waals surface area contributed by atoms with Crippen LogP contribution in [0.2, 0.25) is 0 Å². The van der Waals surface area contributed by atoms with Gasteiger partial charge in [0, 0.05) is 31.3 Å². The first-order valence-electron chi connectivity index (χ1n) is 8.91. The van der Waals surface area contributed by atoms with Gasteiger partial charge < -0.3 is 14.6 Å². The summed E-state index contributed by atoms with van der Waals surface area (Å²) in [5, 5.41) is 7.51. The molecule has 1 aliphatic heterocycles. The lowest BCUT2D eigenvalue weighted by atomic mass is 10.1. The van der Waals surface area contributed by atoms with Crippen molar-refractivity contribution in [1.29, 1.82) is 0 Å². The quantitative estimate of drug-likeness (QED) is 0.747. The molecule has 1 aliphatic rings. The van der Waals surface area contributed by atoms with Crippen molar-refractivity contribution >= 4 is 0 Å². The van der Waals surface area contributed by atoms with Gasteiger partial charge in [0.25, 0.3) is 5.89 Å². The van der Waals surface area contributed by atoms with Gasteiger partial charge in [-0.15, -0.1) is 0 Å². The van der Waals surface area contributed by atoms with Gasteiger partial charge in [0.1, 0.15) is 18.2 Å². The van der Waals surface area contributed by atoms with Gasteiger partial charge in [0.2, 0.25) is 0 Å². The second-order valence-electron chi connectivity index (χ2n) is 6.60. The van der Waals surface area contributed by atoms with Gasteiger partial charge in [-0.1, -0.05) is 23.4 Å². The predicted molar refractivity (Wildman–Crippen MR) is 98.7 cm³/mol. The largest absolute Gasteiger partial charge is 0.489 e. The summed E-state index contributed by atoms with van der Waals surface area (Å²) in [6.45, 7) is 3.04. The highest BCUT2D eigenvalue weighted by Gasteiger charge is 2.25. The van der Waals surface area contributed by atoms with Crippen molar-refractivity contribution < 1.29 is 13.7 Å². The number of hydrogen-bond donors (Lipinski definition) is 1.